The summed E-state index contributed by atoms with van der Waals surface area (Å²) in [5.41, 5.74) is 0.513. The number of carbonyl (C=O) groups is 1. The van der Waals surface area contributed by atoms with Crippen LogP contribution in [-0.2, 0) is 0 Å². The molecule has 0 atom stereocenters. The van der Waals surface area contributed by atoms with E-state index >= 15 is 0 Å². The number of carbonyl (C=O) groups excluding carboxylic acids is 1. The monoisotopic (exact) mass is 296 g/mol. The van der Waals surface area contributed by atoms with Crippen LogP contribution in [0.3, 0.4) is 0 Å². The predicted molar refractivity (Wildman–Crippen MR) is 62.9 cm³/mol. The molecule has 17 heavy (non-hydrogen) atoms. The molecule has 0 bridgehead atoms. The fraction of sp³-hybridized carbons (Fsp3) is 0.300. The lowest BCUT2D eigenvalue weighted by Crippen LogP contribution is -2.29. The largest absolute Gasteiger partial charge is 0.414 e. The minimum absolute atomic E-state index is 0.197. The Morgan fingerprint density at radius 1 is 1.59 bits per heavy atom. The summed E-state index contributed by atoms with van der Waals surface area (Å²) in [6.45, 7) is 0. The van der Waals surface area contributed by atoms with Crippen molar-refractivity contribution in [3.8, 4) is 5.88 Å². The van der Waals surface area contributed by atoms with Crippen molar-refractivity contribution in [2.24, 2.45) is 0 Å². The van der Waals surface area contributed by atoms with Gasteiger partial charge < -0.3 is 10.1 Å². The zero-order chi connectivity index (χ0) is 11.8. The van der Waals surface area contributed by atoms with Crippen LogP contribution in [0.2, 0.25) is 0 Å². The Kier molecular flexibility index (Phi) is 2.47. The molecule has 3 rings (SSSR count). The van der Waals surface area contributed by atoms with Gasteiger partial charge in [-0.25, -0.2) is 14.8 Å². The first kappa shape index (κ1) is 10.5. The van der Waals surface area contributed by atoms with Gasteiger partial charge in [-0.2, -0.15) is 0 Å². The van der Waals surface area contributed by atoms with Crippen molar-refractivity contribution in [2.75, 3.05) is 0 Å². The van der Waals surface area contributed by atoms with Crippen LogP contribution in [0.4, 0.5) is 4.79 Å². The van der Waals surface area contributed by atoms with E-state index in [2.05, 4.69) is 31.2 Å². The van der Waals surface area contributed by atoms with Gasteiger partial charge >= 0.3 is 6.09 Å². The lowest BCUT2D eigenvalue weighted by atomic mass is 10.6. The summed E-state index contributed by atoms with van der Waals surface area (Å²) in [7, 11) is 0. The lowest BCUT2D eigenvalue weighted by Gasteiger charge is -2.06. The van der Waals surface area contributed by atoms with Gasteiger partial charge in [0.15, 0.2) is 0 Å². The first-order valence-electron chi connectivity index (χ1n) is 5.20. The SMILES string of the molecule is O=C(NC1CC1)Oc1nc(Br)cn2ccnc12. The average molecular weight is 297 g/mol. The first-order chi connectivity index (χ1) is 8.22. The van der Waals surface area contributed by atoms with E-state index in [-0.39, 0.29) is 11.9 Å². The molecular weight excluding hydrogens is 288 g/mol. The molecule has 1 N–H and O–H groups in total. The fourth-order valence-corrected chi connectivity index (χ4v) is 1.84. The zero-order valence-electron chi connectivity index (χ0n) is 8.76. The van der Waals surface area contributed by atoms with Crippen molar-refractivity contribution in [3.05, 3.63) is 23.2 Å². The minimum atomic E-state index is -0.483. The third kappa shape index (κ3) is 2.23. The molecule has 2 heterocycles. The van der Waals surface area contributed by atoms with Crippen LogP contribution in [-0.4, -0.2) is 26.5 Å². The molecule has 2 aromatic heterocycles. The molecule has 7 heteroatoms. The third-order valence-electron chi connectivity index (χ3n) is 2.40. The Morgan fingerprint density at radius 3 is 3.18 bits per heavy atom. The molecule has 1 saturated carbocycles. The van der Waals surface area contributed by atoms with Gasteiger partial charge in [0.25, 0.3) is 5.88 Å². The highest BCUT2D eigenvalue weighted by Crippen LogP contribution is 2.21. The van der Waals surface area contributed by atoms with Crippen LogP contribution >= 0.6 is 15.9 Å². The highest BCUT2D eigenvalue weighted by Gasteiger charge is 2.25. The number of rotatable bonds is 2. The molecule has 0 aliphatic heterocycles. The number of ether oxygens (including phenoxy) is 1. The van der Waals surface area contributed by atoms with Gasteiger partial charge in [-0.05, 0) is 28.8 Å². The van der Waals surface area contributed by atoms with E-state index in [1.54, 1.807) is 23.0 Å². The molecule has 1 amide bonds. The van der Waals surface area contributed by atoms with Gasteiger partial charge in [0.1, 0.15) is 4.60 Å². The van der Waals surface area contributed by atoms with E-state index in [0.29, 0.717) is 10.3 Å². The second-order valence-corrected chi connectivity index (χ2v) is 4.65. The van der Waals surface area contributed by atoms with Crippen LogP contribution in [0.25, 0.3) is 5.65 Å². The number of nitrogens with one attached hydrogen (secondary N) is 1. The number of hydrogen-bond acceptors (Lipinski definition) is 4. The van der Waals surface area contributed by atoms with Crippen LogP contribution < -0.4 is 10.1 Å². The normalized spacial score (nSPS) is 14.9. The van der Waals surface area contributed by atoms with Crippen molar-refractivity contribution in [2.45, 2.75) is 18.9 Å². The number of halogens is 1. The molecule has 0 radical (unpaired) electrons. The maximum Gasteiger partial charge on any atom is 0.414 e. The van der Waals surface area contributed by atoms with Crippen LogP contribution in [0, 0.1) is 0 Å². The van der Waals surface area contributed by atoms with Crippen molar-refractivity contribution >= 4 is 27.7 Å². The van der Waals surface area contributed by atoms with Gasteiger partial charge in [0.05, 0.1) is 0 Å². The van der Waals surface area contributed by atoms with Gasteiger partial charge in [-0.3, -0.25) is 4.40 Å². The molecule has 88 valence electrons. The average Bonchev–Trinajstić information content (AvgIpc) is 2.94. The van der Waals surface area contributed by atoms with Crippen molar-refractivity contribution in [3.63, 3.8) is 0 Å². The summed E-state index contributed by atoms with van der Waals surface area (Å²) < 4.78 is 7.46. The van der Waals surface area contributed by atoms with E-state index < -0.39 is 6.09 Å². The first-order valence-corrected chi connectivity index (χ1v) is 5.99. The van der Waals surface area contributed by atoms with Gasteiger partial charge in [-0.15, -0.1) is 0 Å². The van der Waals surface area contributed by atoms with Crippen molar-refractivity contribution in [1.29, 1.82) is 0 Å². The van der Waals surface area contributed by atoms with E-state index in [9.17, 15) is 4.79 Å². The molecule has 6 nitrogen and oxygen atoms in total. The smallest absolute Gasteiger partial charge is 0.387 e. The maximum atomic E-state index is 11.5. The van der Waals surface area contributed by atoms with E-state index in [1.165, 1.54) is 0 Å². The fourth-order valence-electron chi connectivity index (χ4n) is 1.45. The molecular formula is C10H9BrN4O2. The summed E-state index contributed by atoms with van der Waals surface area (Å²) >= 11 is 3.25. The predicted octanol–water partition coefficient (Wildman–Crippen LogP) is 1.74. The molecule has 0 saturated heterocycles. The second kappa shape index (κ2) is 3.99. The summed E-state index contributed by atoms with van der Waals surface area (Å²) in [6.07, 6.45) is 6.67. The Morgan fingerprint density at radius 2 is 2.41 bits per heavy atom. The number of hydrogen-bond donors (Lipinski definition) is 1. The third-order valence-corrected chi connectivity index (χ3v) is 2.78. The van der Waals surface area contributed by atoms with Gasteiger partial charge in [0.2, 0.25) is 5.65 Å². The number of nitrogens with zero attached hydrogens (tertiary/aromatic N) is 3. The Hall–Kier alpha value is -1.63. The van der Waals surface area contributed by atoms with E-state index in [0.717, 1.165) is 12.8 Å². The second-order valence-electron chi connectivity index (χ2n) is 3.84. The van der Waals surface area contributed by atoms with Crippen molar-refractivity contribution in [1.82, 2.24) is 19.7 Å². The number of amides is 1. The lowest BCUT2D eigenvalue weighted by molar-refractivity contribution is 0.198. The molecule has 1 aliphatic rings. The summed E-state index contributed by atoms with van der Waals surface area (Å²) in [5, 5.41) is 2.73. The van der Waals surface area contributed by atoms with Crippen LogP contribution in [0.5, 0.6) is 5.88 Å². The van der Waals surface area contributed by atoms with Crippen LogP contribution in [0.15, 0.2) is 23.2 Å². The molecule has 0 aromatic carbocycles. The summed E-state index contributed by atoms with van der Waals surface area (Å²) in [5.74, 6) is 0.197. The zero-order valence-corrected chi connectivity index (χ0v) is 10.3. The topological polar surface area (TPSA) is 68.5 Å². The summed E-state index contributed by atoms with van der Waals surface area (Å²) in [6, 6.07) is 0.255. The Labute approximate surface area is 105 Å². The molecule has 1 fully saturated rings. The van der Waals surface area contributed by atoms with E-state index in [4.69, 9.17) is 4.74 Å². The highest BCUT2D eigenvalue weighted by molar-refractivity contribution is 9.10. The molecule has 2 aromatic rings. The highest BCUT2D eigenvalue weighted by atomic mass is 79.9. The van der Waals surface area contributed by atoms with Gasteiger partial charge in [0, 0.05) is 24.6 Å². The van der Waals surface area contributed by atoms with Crippen LogP contribution in [0.1, 0.15) is 12.8 Å². The van der Waals surface area contributed by atoms with E-state index in [1.807, 2.05) is 0 Å². The summed E-state index contributed by atoms with van der Waals surface area (Å²) in [4.78, 5) is 19.7. The minimum Gasteiger partial charge on any atom is -0.387 e. The maximum absolute atomic E-state index is 11.5. The standard InChI is InChI=1S/C10H9BrN4O2/c11-7-5-15-4-3-12-8(15)9(14-7)17-10(16)13-6-1-2-6/h3-6H,1-2H2,(H,13,16). The van der Waals surface area contributed by atoms with Crippen molar-refractivity contribution < 1.29 is 9.53 Å². The Balaban J connectivity index is 1.87. The quantitative estimate of drug-likeness (QED) is 0.916. The van der Waals surface area contributed by atoms with Gasteiger partial charge in [-0.1, -0.05) is 0 Å². The number of fused-ring (bicyclic) bond motifs is 1. The molecule has 0 unspecified atom stereocenters. The number of imidazole rings is 1. The molecule has 0 spiro atoms. The molecule has 1 aliphatic carbocycles. The number of aromatic nitrogens is 3. The Bertz CT molecular complexity index is 579.